The molecule has 1 amide bonds. The quantitative estimate of drug-likeness (QED) is 0.898. The number of hydrogen-bond donors (Lipinski definition) is 1. The van der Waals surface area contributed by atoms with Gasteiger partial charge in [-0.15, -0.1) is 11.3 Å². The van der Waals surface area contributed by atoms with Gasteiger partial charge < -0.3 is 10.1 Å². The van der Waals surface area contributed by atoms with Gasteiger partial charge in [-0.1, -0.05) is 13.8 Å². The van der Waals surface area contributed by atoms with Crippen molar-refractivity contribution in [1.29, 1.82) is 0 Å². The van der Waals surface area contributed by atoms with Crippen LogP contribution in [-0.2, 0) is 11.3 Å². The number of aromatic nitrogens is 1. The minimum absolute atomic E-state index is 0.00178. The van der Waals surface area contributed by atoms with Crippen molar-refractivity contribution in [2.45, 2.75) is 27.3 Å². The number of hydrogen-bond acceptors (Lipinski definition) is 5. The second-order valence-corrected chi connectivity index (χ2v) is 6.60. The molecule has 1 aromatic heterocycles. The molecule has 0 unspecified atom stereocenters. The Kier molecular flexibility index (Phi) is 5.51. The topological polar surface area (TPSA) is 54.5 Å². The van der Waals surface area contributed by atoms with E-state index in [1.807, 2.05) is 6.92 Å². The first-order valence-electron chi connectivity index (χ1n) is 7.11. The van der Waals surface area contributed by atoms with Gasteiger partial charge in [-0.05, 0) is 12.8 Å². The summed E-state index contributed by atoms with van der Waals surface area (Å²) in [5.74, 6) is 0.460. The average Bonchev–Trinajstić information content (AvgIpc) is 2.78. The zero-order valence-electron chi connectivity index (χ0n) is 12.4. The van der Waals surface area contributed by atoms with E-state index in [2.05, 4.69) is 29.0 Å². The highest BCUT2D eigenvalue weighted by molar-refractivity contribution is 7.13. The highest BCUT2D eigenvalue weighted by Crippen LogP contribution is 2.20. The number of aryl methyl sites for hydroxylation is 1. The van der Waals surface area contributed by atoms with Crippen molar-refractivity contribution in [1.82, 2.24) is 15.2 Å². The van der Waals surface area contributed by atoms with Gasteiger partial charge in [0.1, 0.15) is 9.88 Å². The van der Waals surface area contributed by atoms with Gasteiger partial charge in [-0.25, -0.2) is 4.98 Å². The van der Waals surface area contributed by atoms with E-state index in [4.69, 9.17) is 4.74 Å². The highest BCUT2D eigenvalue weighted by Gasteiger charge is 2.18. The normalized spacial score (nSPS) is 16.6. The van der Waals surface area contributed by atoms with E-state index in [1.165, 1.54) is 11.3 Å². The molecular weight excluding hydrogens is 274 g/mol. The fourth-order valence-corrected chi connectivity index (χ4v) is 3.08. The van der Waals surface area contributed by atoms with Crippen molar-refractivity contribution in [2.24, 2.45) is 5.92 Å². The third-order valence-electron chi connectivity index (χ3n) is 3.18. The van der Waals surface area contributed by atoms with Crippen molar-refractivity contribution >= 4 is 17.2 Å². The van der Waals surface area contributed by atoms with Crippen LogP contribution >= 0.6 is 11.3 Å². The molecule has 1 saturated heterocycles. The van der Waals surface area contributed by atoms with Gasteiger partial charge in [0.05, 0.1) is 25.5 Å². The van der Waals surface area contributed by atoms with Gasteiger partial charge in [0.15, 0.2) is 0 Å². The number of nitrogens with zero attached hydrogens (tertiary/aromatic N) is 2. The van der Waals surface area contributed by atoms with Crippen LogP contribution in [0.2, 0.25) is 0 Å². The molecule has 1 aliphatic rings. The summed E-state index contributed by atoms with van der Waals surface area (Å²) in [6.45, 7) is 11.0. The predicted octanol–water partition coefficient (Wildman–Crippen LogP) is 1.67. The van der Waals surface area contributed by atoms with Gasteiger partial charge in [0.25, 0.3) is 5.91 Å². The molecule has 0 bridgehead atoms. The first kappa shape index (κ1) is 15.4. The molecule has 1 fully saturated rings. The van der Waals surface area contributed by atoms with Gasteiger partial charge in [-0.2, -0.15) is 0 Å². The summed E-state index contributed by atoms with van der Waals surface area (Å²) in [5, 5.41) is 3.97. The van der Waals surface area contributed by atoms with Crippen LogP contribution < -0.4 is 5.32 Å². The maximum absolute atomic E-state index is 12.1. The average molecular weight is 297 g/mol. The molecular formula is C14H23N3O2S. The summed E-state index contributed by atoms with van der Waals surface area (Å²) in [4.78, 5) is 19.7. The Morgan fingerprint density at radius 3 is 2.80 bits per heavy atom. The van der Waals surface area contributed by atoms with Crippen LogP contribution in [0.15, 0.2) is 0 Å². The number of thiazole rings is 1. The molecule has 0 atom stereocenters. The van der Waals surface area contributed by atoms with E-state index in [0.29, 0.717) is 12.5 Å². The molecule has 112 valence electrons. The van der Waals surface area contributed by atoms with Crippen molar-refractivity contribution in [3.8, 4) is 0 Å². The molecule has 0 aliphatic carbocycles. The predicted molar refractivity (Wildman–Crippen MR) is 80.1 cm³/mol. The number of ether oxygens (including phenoxy) is 1. The number of nitrogens with one attached hydrogen (secondary N) is 1. The lowest BCUT2D eigenvalue weighted by Crippen LogP contribution is -2.35. The van der Waals surface area contributed by atoms with Crippen molar-refractivity contribution < 1.29 is 9.53 Å². The molecule has 20 heavy (non-hydrogen) atoms. The Hall–Kier alpha value is -0.980. The number of rotatable bonds is 5. The molecule has 2 heterocycles. The number of carbonyl (C=O) groups excluding carboxylic acids is 1. The smallest absolute Gasteiger partial charge is 0.263 e. The van der Waals surface area contributed by atoms with Crippen molar-refractivity contribution in [3.05, 3.63) is 15.6 Å². The molecule has 0 spiro atoms. The lowest BCUT2D eigenvalue weighted by molar-refractivity contribution is 0.0341. The maximum Gasteiger partial charge on any atom is 0.263 e. The molecule has 6 heteroatoms. The van der Waals surface area contributed by atoms with Gasteiger partial charge in [0, 0.05) is 19.6 Å². The Morgan fingerprint density at radius 2 is 2.15 bits per heavy atom. The fourth-order valence-electron chi connectivity index (χ4n) is 2.06. The Bertz CT molecular complexity index is 453. The maximum atomic E-state index is 12.1. The van der Waals surface area contributed by atoms with Crippen molar-refractivity contribution in [3.63, 3.8) is 0 Å². The number of amides is 1. The van der Waals surface area contributed by atoms with Crippen LogP contribution in [0.25, 0.3) is 0 Å². The molecule has 1 N–H and O–H groups in total. The molecule has 1 aromatic rings. The molecule has 0 saturated carbocycles. The summed E-state index contributed by atoms with van der Waals surface area (Å²) in [6.07, 6.45) is 0. The second kappa shape index (κ2) is 7.15. The summed E-state index contributed by atoms with van der Waals surface area (Å²) in [5.41, 5.74) is 0.833. The van der Waals surface area contributed by atoms with Crippen LogP contribution in [0.1, 0.15) is 34.2 Å². The SMILES string of the molecule is Cc1nc(CN2CCOCC2)sc1C(=O)NCC(C)C. The van der Waals surface area contributed by atoms with E-state index in [1.54, 1.807) is 0 Å². The van der Waals surface area contributed by atoms with Crippen LogP contribution in [0.3, 0.4) is 0 Å². The third-order valence-corrected chi connectivity index (χ3v) is 4.32. The summed E-state index contributed by atoms with van der Waals surface area (Å²) >= 11 is 1.51. The lowest BCUT2D eigenvalue weighted by atomic mass is 10.2. The minimum atomic E-state index is 0.00178. The van der Waals surface area contributed by atoms with Crippen LogP contribution in [0.4, 0.5) is 0 Å². The highest BCUT2D eigenvalue weighted by atomic mass is 32.1. The Morgan fingerprint density at radius 1 is 1.45 bits per heavy atom. The first-order chi connectivity index (χ1) is 9.56. The molecule has 1 aliphatic heterocycles. The van der Waals surface area contributed by atoms with E-state index < -0.39 is 0 Å². The zero-order chi connectivity index (χ0) is 14.5. The lowest BCUT2D eigenvalue weighted by Gasteiger charge is -2.25. The number of carbonyl (C=O) groups is 1. The van der Waals surface area contributed by atoms with E-state index in [-0.39, 0.29) is 5.91 Å². The van der Waals surface area contributed by atoms with Gasteiger partial charge in [0.2, 0.25) is 0 Å². The second-order valence-electron chi connectivity index (χ2n) is 5.51. The monoisotopic (exact) mass is 297 g/mol. The van der Waals surface area contributed by atoms with Crippen molar-refractivity contribution in [2.75, 3.05) is 32.8 Å². The molecule has 5 nitrogen and oxygen atoms in total. The van der Waals surface area contributed by atoms with Crippen LogP contribution in [-0.4, -0.2) is 48.6 Å². The standard InChI is InChI=1S/C14H23N3O2S/c1-10(2)8-15-14(18)13-11(3)16-12(20-13)9-17-4-6-19-7-5-17/h10H,4-9H2,1-3H3,(H,15,18). The third kappa shape index (κ3) is 4.26. The van der Waals surface area contributed by atoms with E-state index in [9.17, 15) is 4.79 Å². The van der Waals surface area contributed by atoms with Gasteiger partial charge in [-0.3, -0.25) is 9.69 Å². The molecule has 0 aromatic carbocycles. The van der Waals surface area contributed by atoms with E-state index in [0.717, 1.165) is 48.4 Å². The Balaban J connectivity index is 1.95. The largest absolute Gasteiger partial charge is 0.379 e. The molecule has 2 rings (SSSR count). The minimum Gasteiger partial charge on any atom is -0.379 e. The summed E-state index contributed by atoms with van der Waals surface area (Å²) in [7, 11) is 0. The van der Waals surface area contributed by atoms with Crippen LogP contribution in [0.5, 0.6) is 0 Å². The van der Waals surface area contributed by atoms with Gasteiger partial charge >= 0.3 is 0 Å². The molecule has 0 radical (unpaired) electrons. The number of morpholine rings is 1. The fraction of sp³-hybridized carbons (Fsp3) is 0.714. The summed E-state index contributed by atoms with van der Waals surface area (Å²) in [6, 6.07) is 0. The van der Waals surface area contributed by atoms with E-state index >= 15 is 0 Å². The first-order valence-corrected chi connectivity index (χ1v) is 7.92. The van der Waals surface area contributed by atoms with Crippen LogP contribution in [0, 0.1) is 12.8 Å². The summed E-state index contributed by atoms with van der Waals surface area (Å²) < 4.78 is 5.34. The Labute approximate surface area is 124 Å². The zero-order valence-corrected chi connectivity index (χ0v) is 13.3.